The van der Waals surface area contributed by atoms with Gasteiger partial charge >= 0.3 is 5.97 Å². The minimum absolute atomic E-state index is 0.00444. The van der Waals surface area contributed by atoms with E-state index in [-0.39, 0.29) is 29.8 Å². The Morgan fingerprint density at radius 3 is 2.55 bits per heavy atom. The zero-order valence-electron chi connectivity index (χ0n) is 16.5. The van der Waals surface area contributed by atoms with Crippen molar-refractivity contribution in [2.75, 3.05) is 6.61 Å². The number of aliphatic hydroxyl groups is 4. The van der Waals surface area contributed by atoms with Crippen molar-refractivity contribution in [3.05, 3.63) is 24.3 Å². The van der Waals surface area contributed by atoms with Crippen LogP contribution in [-0.4, -0.2) is 75.9 Å². The maximum atomic E-state index is 12.4. The van der Waals surface area contributed by atoms with Gasteiger partial charge < -0.3 is 34.6 Å². The summed E-state index contributed by atoms with van der Waals surface area (Å²) in [4.78, 5) is 12.4. The lowest BCUT2D eigenvalue weighted by Crippen LogP contribution is -2.60. The Balaban J connectivity index is 1.62. The lowest BCUT2D eigenvalue weighted by molar-refractivity contribution is -0.316. The summed E-state index contributed by atoms with van der Waals surface area (Å²) in [7, 11) is 0. The Labute approximate surface area is 169 Å². The fourth-order valence-electron chi connectivity index (χ4n) is 5.54. The number of ether oxygens (including phenoxy) is 3. The summed E-state index contributed by atoms with van der Waals surface area (Å²) < 4.78 is 17.4. The molecule has 162 valence electrons. The maximum absolute atomic E-state index is 12.4. The van der Waals surface area contributed by atoms with E-state index in [1.165, 1.54) is 0 Å². The van der Waals surface area contributed by atoms with Crippen LogP contribution >= 0.6 is 0 Å². The lowest BCUT2D eigenvalue weighted by Gasteiger charge is -2.42. The van der Waals surface area contributed by atoms with Crippen LogP contribution in [0.3, 0.4) is 0 Å². The SMILES string of the molecule is C=C1CC[C@H]2C(=C)C[C@H](O[C@@H]3O[C@H](CO)[C@@H](O)[C@H](O)[C@H]3O)[C@@H]3[C@H](OC(=O)[C@H]3C)[C@@H]12. The molecule has 0 spiro atoms. The smallest absolute Gasteiger partial charge is 0.309 e. The second-order valence-corrected chi connectivity index (χ2v) is 8.83. The molecule has 4 rings (SSSR count). The van der Waals surface area contributed by atoms with Crippen LogP contribution in [-0.2, 0) is 19.0 Å². The van der Waals surface area contributed by atoms with Gasteiger partial charge in [0.05, 0.1) is 18.6 Å². The van der Waals surface area contributed by atoms with Gasteiger partial charge in [0.2, 0.25) is 0 Å². The zero-order chi connectivity index (χ0) is 21.0. The van der Waals surface area contributed by atoms with Crippen molar-refractivity contribution in [2.45, 2.75) is 69.1 Å². The third-order valence-electron chi connectivity index (χ3n) is 7.19. The standard InChI is InChI=1S/C21H30O8/c1-8-4-5-11-9(2)6-12(15-10(3)20(26)29-19(15)14(8)11)27-21-18(25)17(24)16(23)13(7-22)28-21/h10-19,21-25H,1-2,4-7H2,3H3/t10-,11-,12-,13+,14-,15+,16+,17-,18+,19+,21+/m0/s1. The molecule has 4 aliphatic rings. The number of esters is 1. The molecule has 0 unspecified atom stereocenters. The van der Waals surface area contributed by atoms with Crippen LogP contribution in [0.15, 0.2) is 24.3 Å². The van der Waals surface area contributed by atoms with Crippen molar-refractivity contribution in [2.24, 2.45) is 23.7 Å². The summed E-state index contributed by atoms with van der Waals surface area (Å²) in [6.45, 7) is 9.71. The number of rotatable bonds is 3. The number of hydrogen-bond acceptors (Lipinski definition) is 8. The van der Waals surface area contributed by atoms with Crippen molar-refractivity contribution in [1.29, 1.82) is 0 Å². The molecular weight excluding hydrogens is 380 g/mol. The third-order valence-corrected chi connectivity index (χ3v) is 7.19. The average Bonchev–Trinajstić information content (AvgIpc) is 3.17. The van der Waals surface area contributed by atoms with Gasteiger partial charge in [-0.25, -0.2) is 0 Å². The summed E-state index contributed by atoms with van der Waals surface area (Å²) in [6, 6.07) is 0. The van der Waals surface area contributed by atoms with Gasteiger partial charge in [0.15, 0.2) is 6.29 Å². The highest BCUT2D eigenvalue weighted by Crippen LogP contribution is 2.53. The first-order valence-corrected chi connectivity index (χ1v) is 10.3. The lowest BCUT2D eigenvalue weighted by atomic mass is 9.79. The topological polar surface area (TPSA) is 126 Å². The van der Waals surface area contributed by atoms with Crippen molar-refractivity contribution < 1.29 is 39.4 Å². The van der Waals surface area contributed by atoms with Gasteiger partial charge in [-0.05, 0) is 25.2 Å². The summed E-state index contributed by atoms with van der Waals surface area (Å²) >= 11 is 0. The molecular formula is C21H30O8. The third kappa shape index (κ3) is 3.36. The molecule has 4 N–H and O–H groups in total. The largest absolute Gasteiger partial charge is 0.461 e. The molecule has 0 radical (unpaired) electrons. The van der Waals surface area contributed by atoms with Gasteiger partial charge in [0.1, 0.15) is 30.5 Å². The van der Waals surface area contributed by atoms with Crippen LogP contribution in [0.1, 0.15) is 26.2 Å². The molecule has 11 atom stereocenters. The highest BCUT2D eigenvalue weighted by atomic mass is 16.7. The van der Waals surface area contributed by atoms with Crippen LogP contribution in [0.5, 0.6) is 0 Å². The van der Waals surface area contributed by atoms with Crippen LogP contribution < -0.4 is 0 Å². The normalized spacial score (nSPS) is 50.1. The summed E-state index contributed by atoms with van der Waals surface area (Å²) in [5.74, 6) is -0.805. The monoisotopic (exact) mass is 410 g/mol. The Morgan fingerprint density at radius 2 is 1.86 bits per heavy atom. The Morgan fingerprint density at radius 1 is 1.14 bits per heavy atom. The predicted octanol–water partition coefficient (Wildman–Crippen LogP) is -0.109. The molecule has 8 heteroatoms. The predicted molar refractivity (Wildman–Crippen MR) is 100 cm³/mol. The second kappa shape index (κ2) is 7.76. The number of carbonyl (C=O) groups is 1. The van der Waals surface area contributed by atoms with Crippen LogP contribution in [0.4, 0.5) is 0 Å². The number of carbonyl (C=O) groups excluding carboxylic acids is 1. The fraction of sp³-hybridized carbons (Fsp3) is 0.762. The Kier molecular flexibility index (Phi) is 5.61. The molecule has 2 saturated carbocycles. The molecule has 4 fully saturated rings. The first-order valence-electron chi connectivity index (χ1n) is 10.3. The van der Waals surface area contributed by atoms with E-state index in [4.69, 9.17) is 14.2 Å². The van der Waals surface area contributed by atoms with E-state index in [9.17, 15) is 25.2 Å². The van der Waals surface area contributed by atoms with Gasteiger partial charge in [-0.3, -0.25) is 4.79 Å². The van der Waals surface area contributed by atoms with Gasteiger partial charge in [-0.1, -0.05) is 31.2 Å². The number of fused-ring (bicyclic) bond motifs is 3. The molecule has 2 heterocycles. The van der Waals surface area contributed by atoms with Crippen molar-refractivity contribution in [3.8, 4) is 0 Å². The molecule has 8 nitrogen and oxygen atoms in total. The highest BCUT2D eigenvalue weighted by Gasteiger charge is 2.57. The van der Waals surface area contributed by atoms with E-state index in [0.29, 0.717) is 6.42 Å². The van der Waals surface area contributed by atoms with Gasteiger partial charge in [0.25, 0.3) is 0 Å². The van der Waals surface area contributed by atoms with Crippen molar-refractivity contribution >= 4 is 5.97 Å². The zero-order valence-corrected chi connectivity index (χ0v) is 16.5. The molecule has 0 aromatic carbocycles. The molecule has 0 bridgehead atoms. The Bertz CT molecular complexity index is 690. The first kappa shape index (κ1) is 21.0. The first-order chi connectivity index (χ1) is 13.7. The van der Waals surface area contributed by atoms with Gasteiger partial charge in [-0.2, -0.15) is 0 Å². The molecule has 2 aliphatic heterocycles. The minimum atomic E-state index is -1.52. The molecule has 2 saturated heterocycles. The summed E-state index contributed by atoms with van der Waals surface area (Å²) in [5.41, 5.74) is 2.04. The Hall–Kier alpha value is -1.29. The average molecular weight is 410 g/mol. The van der Waals surface area contributed by atoms with E-state index in [0.717, 1.165) is 24.0 Å². The number of aliphatic hydroxyl groups excluding tert-OH is 4. The summed E-state index contributed by atoms with van der Waals surface area (Å²) in [5, 5.41) is 39.9. The van der Waals surface area contributed by atoms with E-state index in [1.807, 2.05) is 0 Å². The van der Waals surface area contributed by atoms with Gasteiger partial charge in [0, 0.05) is 11.8 Å². The van der Waals surface area contributed by atoms with Crippen LogP contribution in [0, 0.1) is 23.7 Å². The second-order valence-electron chi connectivity index (χ2n) is 8.83. The quantitative estimate of drug-likeness (QED) is 0.375. The van der Waals surface area contributed by atoms with E-state index >= 15 is 0 Å². The molecule has 2 aliphatic carbocycles. The van der Waals surface area contributed by atoms with Crippen LogP contribution in [0.2, 0.25) is 0 Å². The highest BCUT2D eigenvalue weighted by molar-refractivity contribution is 5.75. The van der Waals surface area contributed by atoms with E-state index < -0.39 is 49.3 Å². The molecule has 0 aromatic heterocycles. The fourth-order valence-corrected chi connectivity index (χ4v) is 5.54. The maximum Gasteiger partial charge on any atom is 0.309 e. The molecule has 0 amide bonds. The van der Waals surface area contributed by atoms with E-state index in [2.05, 4.69) is 13.2 Å². The molecule has 0 aromatic rings. The van der Waals surface area contributed by atoms with E-state index in [1.54, 1.807) is 6.92 Å². The van der Waals surface area contributed by atoms with Crippen molar-refractivity contribution in [3.63, 3.8) is 0 Å². The van der Waals surface area contributed by atoms with Crippen LogP contribution in [0.25, 0.3) is 0 Å². The van der Waals surface area contributed by atoms with Gasteiger partial charge in [-0.15, -0.1) is 0 Å². The molecule has 29 heavy (non-hydrogen) atoms. The number of hydrogen-bond donors (Lipinski definition) is 4. The van der Waals surface area contributed by atoms with Crippen molar-refractivity contribution in [1.82, 2.24) is 0 Å². The minimum Gasteiger partial charge on any atom is -0.461 e. The summed E-state index contributed by atoms with van der Waals surface area (Å²) in [6.07, 6.45) is -5.45.